The Morgan fingerprint density at radius 3 is 2.04 bits per heavy atom. The molecule has 1 aliphatic rings. The summed E-state index contributed by atoms with van der Waals surface area (Å²) in [6, 6.07) is 26.8. The highest BCUT2D eigenvalue weighted by Gasteiger charge is 2.36. The van der Waals surface area contributed by atoms with Crippen LogP contribution in [0.5, 0.6) is 11.5 Å². The minimum Gasteiger partial charge on any atom is -0.476 e. The van der Waals surface area contributed by atoms with Crippen LogP contribution >= 0.6 is 0 Å². The van der Waals surface area contributed by atoms with Gasteiger partial charge in [-0.2, -0.15) is 0 Å². The molecule has 28 heavy (non-hydrogen) atoms. The summed E-state index contributed by atoms with van der Waals surface area (Å²) < 4.78 is 13.0. The lowest BCUT2D eigenvalue weighted by Crippen LogP contribution is -2.45. The number of hydrogen-bond acceptors (Lipinski definition) is 3. The van der Waals surface area contributed by atoms with Crippen LogP contribution in [0.15, 0.2) is 78.9 Å². The minimum atomic E-state index is -0.266. The van der Waals surface area contributed by atoms with E-state index in [1.165, 1.54) is 5.56 Å². The molecule has 3 nitrogen and oxygen atoms in total. The van der Waals surface area contributed by atoms with E-state index in [1.807, 2.05) is 49.5 Å². The van der Waals surface area contributed by atoms with Crippen molar-refractivity contribution in [1.29, 1.82) is 0 Å². The number of likely N-dealkylation sites (N-methyl/N-ethyl adjacent to an activating group) is 1. The zero-order valence-corrected chi connectivity index (χ0v) is 16.9. The third-order valence-electron chi connectivity index (χ3n) is 5.24. The molecule has 0 N–H and O–H groups in total. The highest BCUT2D eigenvalue weighted by molar-refractivity contribution is 5.50. The molecule has 2 atom stereocenters. The first-order chi connectivity index (χ1) is 13.4. The van der Waals surface area contributed by atoms with Crippen molar-refractivity contribution in [1.82, 2.24) is 0 Å². The van der Waals surface area contributed by atoms with Crippen LogP contribution in [-0.2, 0) is 5.41 Å². The van der Waals surface area contributed by atoms with Crippen LogP contribution in [0, 0.1) is 0 Å². The van der Waals surface area contributed by atoms with Crippen molar-refractivity contribution in [3.05, 3.63) is 90.0 Å². The largest absolute Gasteiger partial charge is 0.476 e. The second-order valence-corrected chi connectivity index (χ2v) is 8.32. The van der Waals surface area contributed by atoms with Crippen molar-refractivity contribution in [2.24, 2.45) is 0 Å². The number of hydrogen-bond donors (Lipinski definition) is 0. The van der Waals surface area contributed by atoms with Gasteiger partial charge < -0.3 is 14.4 Å². The second kappa shape index (κ2) is 7.23. The van der Waals surface area contributed by atoms with Crippen LogP contribution in [0.4, 0.5) is 5.69 Å². The fourth-order valence-electron chi connectivity index (χ4n) is 3.52. The quantitative estimate of drug-likeness (QED) is 0.565. The van der Waals surface area contributed by atoms with Gasteiger partial charge in [0.25, 0.3) is 0 Å². The molecule has 0 fully saturated rings. The van der Waals surface area contributed by atoms with Crippen molar-refractivity contribution in [3.8, 4) is 11.5 Å². The van der Waals surface area contributed by atoms with Gasteiger partial charge in [-0.25, -0.2) is 0 Å². The normalized spacial score (nSPS) is 18.6. The maximum Gasteiger partial charge on any atom is 0.213 e. The Bertz CT molecular complexity index is 932. The Kier molecular flexibility index (Phi) is 4.76. The first-order valence-electron chi connectivity index (χ1n) is 9.74. The van der Waals surface area contributed by atoms with Gasteiger partial charge in [-0.15, -0.1) is 0 Å². The average molecular weight is 373 g/mol. The second-order valence-electron chi connectivity index (χ2n) is 8.32. The Balaban J connectivity index is 1.75. The molecule has 144 valence electrons. The van der Waals surface area contributed by atoms with E-state index in [4.69, 9.17) is 9.47 Å². The van der Waals surface area contributed by atoms with Gasteiger partial charge >= 0.3 is 0 Å². The molecule has 1 aliphatic heterocycles. The van der Waals surface area contributed by atoms with Gasteiger partial charge in [0.1, 0.15) is 0 Å². The fraction of sp³-hybridized carbons (Fsp3) is 0.280. The smallest absolute Gasteiger partial charge is 0.213 e. The molecule has 0 radical (unpaired) electrons. The number of ether oxygens (including phenoxy) is 2. The lowest BCUT2D eigenvalue weighted by atomic mass is 9.87. The molecule has 0 spiro atoms. The van der Waals surface area contributed by atoms with Crippen molar-refractivity contribution >= 4 is 5.69 Å². The van der Waals surface area contributed by atoms with Gasteiger partial charge in [0, 0.05) is 12.7 Å². The van der Waals surface area contributed by atoms with Crippen LogP contribution in [-0.4, -0.2) is 13.3 Å². The van der Waals surface area contributed by atoms with E-state index < -0.39 is 0 Å². The molecule has 0 aliphatic carbocycles. The van der Waals surface area contributed by atoms with E-state index in [1.54, 1.807) is 0 Å². The number of fused-ring (bicyclic) bond motifs is 1. The summed E-state index contributed by atoms with van der Waals surface area (Å²) in [5, 5.41) is 0. The Morgan fingerprint density at radius 1 is 0.750 bits per heavy atom. The van der Waals surface area contributed by atoms with Gasteiger partial charge in [-0.3, -0.25) is 0 Å². The molecule has 4 rings (SSSR count). The fourth-order valence-corrected chi connectivity index (χ4v) is 3.52. The number of rotatable bonds is 3. The molecule has 0 bridgehead atoms. The monoisotopic (exact) mass is 373 g/mol. The molecule has 3 aromatic rings. The van der Waals surface area contributed by atoms with E-state index in [9.17, 15) is 0 Å². The third-order valence-corrected chi connectivity index (χ3v) is 5.24. The number of para-hydroxylation sites is 1. The molecule has 3 heteroatoms. The van der Waals surface area contributed by atoms with Gasteiger partial charge in [-0.1, -0.05) is 75.4 Å². The summed E-state index contributed by atoms with van der Waals surface area (Å²) in [6.45, 7) is 6.62. The Labute approximate surface area is 167 Å². The predicted octanol–water partition coefficient (Wildman–Crippen LogP) is 5.96. The Hall–Kier alpha value is -2.94. The molecule has 0 amide bonds. The molecule has 0 aromatic heterocycles. The summed E-state index contributed by atoms with van der Waals surface area (Å²) >= 11 is 0. The molecular weight excluding hydrogens is 346 g/mol. The maximum absolute atomic E-state index is 6.54. The van der Waals surface area contributed by atoms with Crippen LogP contribution < -0.4 is 14.4 Å². The van der Waals surface area contributed by atoms with Crippen LogP contribution in [0.2, 0.25) is 0 Å². The SMILES string of the molecule is CN(c1ccccc1)C1Oc2ccc(C(C)(C)C)cc2OC1c1ccccc1. The van der Waals surface area contributed by atoms with E-state index in [-0.39, 0.29) is 17.7 Å². The van der Waals surface area contributed by atoms with Gasteiger partial charge in [0.15, 0.2) is 17.6 Å². The molecule has 0 saturated heterocycles. The van der Waals surface area contributed by atoms with Gasteiger partial charge in [-0.05, 0) is 40.8 Å². The first kappa shape index (κ1) is 18.4. The lowest BCUT2D eigenvalue weighted by Gasteiger charge is -2.40. The topological polar surface area (TPSA) is 21.7 Å². The first-order valence-corrected chi connectivity index (χ1v) is 9.74. The lowest BCUT2D eigenvalue weighted by molar-refractivity contribution is 0.0203. The van der Waals surface area contributed by atoms with E-state index in [2.05, 4.69) is 62.1 Å². The molecule has 0 saturated carbocycles. The summed E-state index contributed by atoms with van der Waals surface area (Å²) in [7, 11) is 2.05. The molecule has 3 aromatic carbocycles. The van der Waals surface area contributed by atoms with Crippen LogP contribution in [0.1, 0.15) is 38.0 Å². The minimum absolute atomic E-state index is 0.0539. The number of nitrogens with zero attached hydrogens (tertiary/aromatic N) is 1. The van der Waals surface area contributed by atoms with Crippen molar-refractivity contribution < 1.29 is 9.47 Å². The average Bonchev–Trinajstić information content (AvgIpc) is 2.72. The zero-order chi connectivity index (χ0) is 19.7. The standard InChI is InChI=1S/C25H27NO2/c1-25(2,3)19-15-16-21-22(17-19)27-23(18-11-7-5-8-12-18)24(28-21)26(4)20-13-9-6-10-14-20/h5-17,23-24H,1-4H3. The van der Waals surface area contributed by atoms with E-state index in [0.29, 0.717) is 0 Å². The summed E-state index contributed by atoms with van der Waals surface area (Å²) in [5.74, 6) is 1.59. The molecule has 1 heterocycles. The summed E-state index contributed by atoms with van der Waals surface area (Å²) in [4.78, 5) is 2.14. The summed E-state index contributed by atoms with van der Waals surface area (Å²) in [5.41, 5.74) is 3.48. The van der Waals surface area contributed by atoms with E-state index >= 15 is 0 Å². The van der Waals surface area contributed by atoms with Crippen molar-refractivity contribution in [3.63, 3.8) is 0 Å². The van der Waals surface area contributed by atoms with Gasteiger partial charge in [0.05, 0.1) is 0 Å². The van der Waals surface area contributed by atoms with Crippen LogP contribution in [0.3, 0.4) is 0 Å². The number of benzene rings is 3. The Morgan fingerprint density at radius 2 is 1.39 bits per heavy atom. The van der Waals surface area contributed by atoms with Crippen LogP contribution in [0.25, 0.3) is 0 Å². The highest BCUT2D eigenvalue weighted by Crippen LogP contribution is 2.43. The molecule has 2 unspecified atom stereocenters. The maximum atomic E-state index is 6.54. The molecular formula is C25H27NO2. The van der Waals surface area contributed by atoms with Crippen molar-refractivity contribution in [2.45, 2.75) is 38.5 Å². The number of anilines is 1. The van der Waals surface area contributed by atoms with Gasteiger partial charge in [0.2, 0.25) is 6.23 Å². The zero-order valence-electron chi connectivity index (χ0n) is 16.9. The van der Waals surface area contributed by atoms with E-state index in [0.717, 1.165) is 22.7 Å². The predicted molar refractivity (Wildman–Crippen MR) is 114 cm³/mol. The summed E-state index contributed by atoms with van der Waals surface area (Å²) in [6.07, 6.45) is -0.494. The third kappa shape index (κ3) is 3.57. The highest BCUT2D eigenvalue weighted by atomic mass is 16.6. The van der Waals surface area contributed by atoms with Crippen molar-refractivity contribution in [2.75, 3.05) is 11.9 Å².